The maximum absolute atomic E-state index is 14.4. The van der Waals surface area contributed by atoms with Gasteiger partial charge in [0, 0.05) is 49.4 Å². The van der Waals surface area contributed by atoms with Gasteiger partial charge in [-0.2, -0.15) is 0 Å². The van der Waals surface area contributed by atoms with Gasteiger partial charge in [0.15, 0.2) is 0 Å². The molecule has 3 aromatic heterocycles. The normalized spacial score (nSPS) is 13.2. The Hall–Kier alpha value is -6.13. The van der Waals surface area contributed by atoms with E-state index in [1.807, 2.05) is 12.1 Å². The molecule has 312 valence electrons. The number of nitrogens with zero attached hydrogens (tertiary/aromatic N) is 3. The van der Waals surface area contributed by atoms with Crippen LogP contribution in [-0.4, -0.2) is 13.7 Å². The van der Waals surface area contributed by atoms with Gasteiger partial charge < -0.3 is 13.7 Å². The fraction of sp³-hybridized carbons (Fsp3) is 0.276. The molecule has 0 saturated carbocycles. The third-order valence-corrected chi connectivity index (χ3v) is 13.3. The van der Waals surface area contributed by atoms with Crippen LogP contribution in [0.1, 0.15) is 105 Å². The summed E-state index contributed by atoms with van der Waals surface area (Å²) < 4.78 is 21.6. The molecule has 10 aromatic rings. The molecule has 3 heterocycles. The largest absolute Gasteiger partial charge is 0.309 e. The molecule has 0 atom stereocenters. The van der Waals surface area contributed by atoms with Gasteiger partial charge in [-0.15, -0.1) is 0 Å². The summed E-state index contributed by atoms with van der Waals surface area (Å²) in [4.78, 5) is 0. The maximum atomic E-state index is 14.4. The van der Waals surface area contributed by atoms with Gasteiger partial charge in [-0.3, -0.25) is 0 Å². The molecular formula is C58H58FN3. The first-order valence-corrected chi connectivity index (χ1v) is 22.2. The predicted molar refractivity (Wildman–Crippen MR) is 264 cm³/mol. The molecule has 0 N–H and O–H groups in total. The zero-order valence-corrected chi connectivity index (χ0v) is 38.4. The van der Waals surface area contributed by atoms with Crippen LogP contribution in [-0.2, 0) is 21.7 Å². The van der Waals surface area contributed by atoms with Crippen LogP contribution in [0.15, 0.2) is 133 Å². The second-order valence-corrected chi connectivity index (χ2v) is 21.8. The van der Waals surface area contributed by atoms with Crippen molar-refractivity contribution in [2.75, 3.05) is 0 Å². The Morgan fingerprint density at radius 1 is 0.274 bits per heavy atom. The standard InChI is InChI=1S/C58H58FN3/c1-55(2,3)35-13-23-49-43(29-35)44-30-36(56(4,5)6)14-24-50(44)61(49)41-21-27-53-47(33-41)48-34-42(22-28-54(48)60(53)40-19-17-39(59)18-20-40)62-51-25-15-37(57(7,8)9)31-45(51)46-32-38(58(10,11)12)16-26-52(46)62/h13-34H,1-12H3. The van der Waals surface area contributed by atoms with Crippen LogP contribution in [0.25, 0.3) is 82.5 Å². The number of rotatable bonds is 3. The van der Waals surface area contributed by atoms with E-state index < -0.39 is 0 Å². The molecule has 0 radical (unpaired) electrons. The molecule has 0 spiro atoms. The summed E-state index contributed by atoms with van der Waals surface area (Å²) >= 11 is 0. The Bertz CT molecular complexity index is 3080. The summed E-state index contributed by atoms with van der Waals surface area (Å²) in [6.07, 6.45) is 0. The number of hydrogen-bond acceptors (Lipinski definition) is 0. The second-order valence-electron chi connectivity index (χ2n) is 21.8. The topological polar surface area (TPSA) is 14.8 Å². The van der Waals surface area contributed by atoms with Gasteiger partial charge >= 0.3 is 0 Å². The minimum absolute atomic E-state index is 0.0170. The monoisotopic (exact) mass is 815 g/mol. The second kappa shape index (κ2) is 13.4. The van der Waals surface area contributed by atoms with E-state index in [0.29, 0.717) is 0 Å². The Balaban J connectivity index is 1.27. The highest BCUT2D eigenvalue weighted by Gasteiger charge is 2.24. The zero-order valence-electron chi connectivity index (χ0n) is 38.4. The van der Waals surface area contributed by atoms with Crippen LogP contribution in [0.3, 0.4) is 0 Å². The summed E-state index contributed by atoms with van der Waals surface area (Å²) in [6.45, 7) is 27.5. The van der Waals surface area contributed by atoms with Crippen molar-refractivity contribution in [1.29, 1.82) is 0 Å². The first-order valence-electron chi connectivity index (χ1n) is 22.2. The maximum Gasteiger partial charge on any atom is 0.123 e. The van der Waals surface area contributed by atoms with Crippen LogP contribution < -0.4 is 0 Å². The van der Waals surface area contributed by atoms with Crippen LogP contribution in [0.4, 0.5) is 4.39 Å². The third kappa shape index (κ3) is 6.36. The van der Waals surface area contributed by atoms with E-state index in [2.05, 4.69) is 206 Å². The SMILES string of the molecule is CC(C)(C)c1ccc2c(c1)c1cc(C(C)(C)C)ccc1n2-c1ccc2c(c1)c1cc(-n3c4ccc(C(C)(C)C)cc4c4cc(C(C)(C)C)ccc43)ccc1n2-c1ccc(F)cc1. The van der Waals surface area contributed by atoms with Crippen molar-refractivity contribution in [3.8, 4) is 17.1 Å². The van der Waals surface area contributed by atoms with Gasteiger partial charge in [-0.05, 0) is 153 Å². The predicted octanol–water partition coefficient (Wildman–Crippen LogP) is 16.3. The van der Waals surface area contributed by atoms with E-state index in [4.69, 9.17) is 0 Å². The molecule has 3 nitrogen and oxygen atoms in total. The molecule has 0 saturated heterocycles. The molecule has 62 heavy (non-hydrogen) atoms. The lowest BCUT2D eigenvalue weighted by Gasteiger charge is -2.19. The number of hydrogen-bond donors (Lipinski definition) is 0. The lowest BCUT2D eigenvalue weighted by molar-refractivity contribution is 0.590. The fourth-order valence-electron chi connectivity index (χ4n) is 9.61. The molecule has 0 unspecified atom stereocenters. The van der Waals surface area contributed by atoms with Crippen molar-refractivity contribution in [1.82, 2.24) is 13.7 Å². The van der Waals surface area contributed by atoms with Crippen LogP contribution in [0.5, 0.6) is 0 Å². The summed E-state index contributed by atoms with van der Waals surface area (Å²) in [5, 5.41) is 7.36. The van der Waals surface area contributed by atoms with Crippen LogP contribution >= 0.6 is 0 Å². The van der Waals surface area contributed by atoms with Crippen molar-refractivity contribution < 1.29 is 4.39 Å². The quantitative estimate of drug-likeness (QED) is 0.169. The molecule has 0 bridgehead atoms. The summed E-state index contributed by atoms with van der Waals surface area (Å²) in [5.41, 5.74) is 15.4. The van der Waals surface area contributed by atoms with Gasteiger partial charge in [0.25, 0.3) is 0 Å². The Labute approximate surface area is 365 Å². The highest BCUT2D eigenvalue weighted by atomic mass is 19.1. The molecule has 0 fully saturated rings. The van der Waals surface area contributed by atoms with E-state index in [1.54, 1.807) is 12.1 Å². The van der Waals surface area contributed by atoms with Gasteiger partial charge in [0.1, 0.15) is 5.82 Å². The molecule has 4 heteroatoms. The average Bonchev–Trinajstić information content (AvgIpc) is 3.83. The van der Waals surface area contributed by atoms with E-state index in [1.165, 1.54) is 65.9 Å². The van der Waals surface area contributed by atoms with Gasteiger partial charge in [-0.1, -0.05) is 107 Å². The van der Waals surface area contributed by atoms with Crippen molar-refractivity contribution >= 4 is 65.4 Å². The minimum Gasteiger partial charge on any atom is -0.309 e. The smallest absolute Gasteiger partial charge is 0.123 e. The van der Waals surface area contributed by atoms with E-state index >= 15 is 0 Å². The molecule has 0 aliphatic carbocycles. The van der Waals surface area contributed by atoms with Crippen molar-refractivity contribution in [2.45, 2.75) is 105 Å². The molecular weight excluding hydrogens is 758 g/mol. The van der Waals surface area contributed by atoms with Gasteiger partial charge in [-0.25, -0.2) is 4.39 Å². The molecule has 0 aliphatic rings. The molecule has 10 rings (SSSR count). The van der Waals surface area contributed by atoms with Crippen LogP contribution in [0, 0.1) is 5.82 Å². The van der Waals surface area contributed by atoms with E-state index in [-0.39, 0.29) is 27.5 Å². The van der Waals surface area contributed by atoms with Crippen molar-refractivity contribution in [2.24, 2.45) is 0 Å². The Kier molecular flexibility index (Phi) is 8.66. The highest BCUT2D eigenvalue weighted by Crippen LogP contribution is 2.42. The Morgan fingerprint density at radius 2 is 0.500 bits per heavy atom. The van der Waals surface area contributed by atoms with E-state index in [9.17, 15) is 4.39 Å². The van der Waals surface area contributed by atoms with Gasteiger partial charge in [0.05, 0.1) is 33.1 Å². The molecule has 0 aliphatic heterocycles. The van der Waals surface area contributed by atoms with Crippen LogP contribution in [0.2, 0.25) is 0 Å². The average molecular weight is 816 g/mol. The molecule has 7 aromatic carbocycles. The number of aromatic nitrogens is 3. The molecule has 0 amide bonds. The third-order valence-electron chi connectivity index (χ3n) is 13.3. The number of fused-ring (bicyclic) bond motifs is 9. The summed E-state index contributed by atoms with van der Waals surface area (Å²) in [7, 11) is 0. The fourth-order valence-corrected chi connectivity index (χ4v) is 9.61. The lowest BCUT2D eigenvalue weighted by Crippen LogP contribution is -2.10. The van der Waals surface area contributed by atoms with E-state index in [0.717, 1.165) is 38.9 Å². The van der Waals surface area contributed by atoms with Gasteiger partial charge in [0.2, 0.25) is 0 Å². The zero-order chi connectivity index (χ0) is 43.8. The van der Waals surface area contributed by atoms with Crippen molar-refractivity contribution in [3.63, 3.8) is 0 Å². The van der Waals surface area contributed by atoms with Crippen molar-refractivity contribution in [3.05, 3.63) is 162 Å². The first-order chi connectivity index (χ1) is 29.2. The Morgan fingerprint density at radius 3 is 0.774 bits per heavy atom. The first kappa shape index (κ1) is 40.0. The highest BCUT2D eigenvalue weighted by molar-refractivity contribution is 6.14. The summed E-state index contributed by atoms with van der Waals surface area (Å²) in [6, 6.07) is 48.7. The lowest BCUT2D eigenvalue weighted by atomic mass is 9.85. The minimum atomic E-state index is -0.245. The summed E-state index contributed by atoms with van der Waals surface area (Å²) in [5.74, 6) is -0.245. The number of benzene rings is 7. The number of halogens is 1.